The summed E-state index contributed by atoms with van der Waals surface area (Å²) in [4.78, 5) is 2.05. The molecule has 0 atom stereocenters. The van der Waals surface area contributed by atoms with Gasteiger partial charge in [0, 0.05) is 12.6 Å². The Hall–Kier alpha value is -3.41. The number of fused-ring (bicyclic) bond motifs is 1. The molecule has 4 rings (SSSR count). The van der Waals surface area contributed by atoms with Crippen molar-refractivity contribution in [2.24, 2.45) is 0 Å². The standard InChI is InChI=1S/C20H19N5O/c1-24(14-15-26-17-10-6-3-7-11-17)19-13-12-18-21-22-20(25(18)23-19)16-8-4-2-5-9-16/h2-13H,14-15H2,1H3. The molecule has 0 aliphatic carbocycles. The van der Waals surface area contributed by atoms with Gasteiger partial charge < -0.3 is 9.64 Å². The van der Waals surface area contributed by atoms with Gasteiger partial charge in [0.25, 0.3) is 0 Å². The first-order chi connectivity index (χ1) is 12.8. The van der Waals surface area contributed by atoms with E-state index in [4.69, 9.17) is 9.84 Å². The monoisotopic (exact) mass is 345 g/mol. The minimum Gasteiger partial charge on any atom is -0.492 e. The van der Waals surface area contributed by atoms with Gasteiger partial charge in [0.2, 0.25) is 0 Å². The molecule has 0 saturated carbocycles. The van der Waals surface area contributed by atoms with Gasteiger partial charge >= 0.3 is 0 Å². The summed E-state index contributed by atoms with van der Waals surface area (Å²) in [6.07, 6.45) is 0. The highest BCUT2D eigenvalue weighted by Gasteiger charge is 2.11. The van der Waals surface area contributed by atoms with Crippen LogP contribution < -0.4 is 9.64 Å². The number of benzene rings is 2. The first kappa shape index (κ1) is 16.1. The summed E-state index contributed by atoms with van der Waals surface area (Å²) in [6.45, 7) is 1.30. The predicted octanol–water partition coefficient (Wildman–Crippen LogP) is 3.31. The third kappa shape index (κ3) is 3.35. The maximum Gasteiger partial charge on any atom is 0.185 e. The fourth-order valence-corrected chi connectivity index (χ4v) is 2.68. The second kappa shape index (κ2) is 7.23. The Morgan fingerprint density at radius 1 is 0.885 bits per heavy atom. The van der Waals surface area contributed by atoms with Gasteiger partial charge in [-0.05, 0) is 24.3 Å². The third-order valence-corrected chi connectivity index (χ3v) is 4.11. The van der Waals surface area contributed by atoms with Crippen LogP contribution in [0.1, 0.15) is 0 Å². The molecule has 0 saturated heterocycles. The zero-order chi connectivity index (χ0) is 17.8. The molecule has 26 heavy (non-hydrogen) atoms. The highest BCUT2D eigenvalue weighted by molar-refractivity contribution is 5.59. The first-order valence-electron chi connectivity index (χ1n) is 8.48. The van der Waals surface area contributed by atoms with Crippen molar-refractivity contribution in [3.05, 3.63) is 72.8 Å². The number of para-hydroxylation sites is 1. The van der Waals surface area contributed by atoms with E-state index in [1.54, 1.807) is 4.52 Å². The predicted molar refractivity (Wildman–Crippen MR) is 101 cm³/mol. The van der Waals surface area contributed by atoms with E-state index < -0.39 is 0 Å². The molecule has 0 aliphatic heterocycles. The van der Waals surface area contributed by atoms with Crippen LogP contribution in [0.3, 0.4) is 0 Å². The first-order valence-corrected chi connectivity index (χ1v) is 8.48. The lowest BCUT2D eigenvalue weighted by Crippen LogP contribution is -2.25. The molecule has 130 valence electrons. The summed E-state index contributed by atoms with van der Waals surface area (Å²) in [5.74, 6) is 2.44. The molecular formula is C20H19N5O. The fraction of sp³-hybridized carbons (Fsp3) is 0.150. The Kier molecular flexibility index (Phi) is 4.47. The van der Waals surface area contributed by atoms with Crippen molar-refractivity contribution in [3.63, 3.8) is 0 Å². The minimum absolute atomic E-state index is 0.577. The van der Waals surface area contributed by atoms with Crippen LogP contribution in [-0.4, -0.2) is 40.0 Å². The van der Waals surface area contributed by atoms with E-state index in [2.05, 4.69) is 15.1 Å². The SMILES string of the molecule is CN(CCOc1ccccc1)c1ccc2nnc(-c3ccccc3)n2n1. The van der Waals surface area contributed by atoms with Crippen LogP contribution in [0.5, 0.6) is 5.75 Å². The summed E-state index contributed by atoms with van der Waals surface area (Å²) < 4.78 is 7.54. The lowest BCUT2D eigenvalue weighted by Gasteiger charge is -2.18. The number of likely N-dealkylation sites (N-methyl/N-ethyl adjacent to an activating group) is 1. The van der Waals surface area contributed by atoms with Crippen LogP contribution in [0, 0.1) is 0 Å². The average molecular weight is 345 g/mol. The lowest BCUT2D eigenvalue weighted by molar-refractivity contribution is 0.325. The molecule has 6 heteroatoms. The van der Waals surface area contributed by atoms with Crippen LogP contribution in [0.15, 0.2) is 72.8 Å². The number of nitrogens with zero attached hydrogens (tertiary/aromatic N) is 5. The second-order valence-electron chi connectivity index (χ2n) is 5.93. The van der Waals surface area contributed by atoms with E-state index >= 15 is 0 Å². The van der Waals surface area contributed by atoms with Gasteiger partial charge in [0.1, 0.15) is 18.2 Å². The summed E-state index contributed by atoms with van der Waals surface area (Å²) in [5, 5.41) is 13.2. The van der Waals surface area contributed by atoms with E-state index in [0.29, 0.717) is 6.61 Å². The summed E-state index contributed by atoms with van der Waals surface area (Å²) in [7, 11) is 2.00. The molecular weight excluding hydrogens is 326 g/mol. The summed E-state index contributed by atoms with van der Waals surface area (Å²) in [5.41, 5.74) is 1.71. The van der Waals surface area contributed by atoms with Crippen molar-refractivity contribution in [3.8, 4) is 17.1 Å². The van der Waals surface area contributed by atoms with Crippen LogP contribution in [0.2, 0.25) is 0 Å². The molecule has 0 N–H and O–H groups in total. The van der Waals surface area contributed by atoms with Crippen LogP contribution >= 0.6 is 0 Å². The Balaban J connectivity index is 1.51. The van der Waals surface area contributed by atoms with Crippen molar-refractivity contribution in [1.29, 1.82) is 0 Å². The van der Waals surface area contributed by atoms with Crippen molar-refractivity contribution < 1.29 is 4.74 Å². The van der Waals surface area contributed by atoms with Crippen molar-refractivity contribution in [2.45, 2.75) is 0 Å². The van der Waals surface area contributed by atoms with Crippen molar-refractivity contribution in [1.82, 2.24) is 19.8 Å². The Morgan fingerprint density at radius 3 is 2.38 bits per heavy atom. The molecule has 0 fully saturated rings. The molecule has 0 amide bonds. The maximum atomic E-state index is 5.76. The number of ether oxygens (including phenoxy) is 1. The molecule has 2 aromatic carbocycles. The summed E-state index contributed by atoms with van der Waals surface area (Å²) in [6, 6.07) is 23.6. The Labute approximate surface area is 151 Å². The maximum absolute atomic E-state index is 5.76. The van der Waals surface area contributed by atoms with Crippen LogP contribution in [-0.2, 0) is 0 Å². The fourth-order valence-electron chi connectivity index (χ4n) is 2.68. The quantitative estimate of drug-likeness (QED) is 0.537. The van der Waals surface area contributed by atoms with Gasteiger partial charge in [0.05, 0.1) is 6.54 Å². The topological polar surface area (TPSA) is 55.5 Å². The molecule has 0 unspecified atom stereocenters. The van der Waals surface area contributed by atoms with Crippen LogP contribution in [0.4, 0.5) is 5.82 Å². The smallest absolute Gasteiger partial charge is 0.185 e. The van der Waals surface area contributed by atoms with E-state index in [1.165, 1.54) is 0 Å². The zero-order valence-corrected chi connectivity index (χ0v) is 14.5. The van der Waals surface area contributed by atoms with Gasteiger partial charge in [0.15, 0.2) is 11.5 Å². The molecule has 0 bridgehead atoms. The molecule has 6 nitrogen and oxygen atoms in total. The molecule has 0 aliphatic rings. The molecule has 4 aromatic rings. The molecule has 2 heterocycles. The molecule has 0 spiro atoms. The van der Waals surface area contributed by atoms with E-state index in [-0.39, 0.29) is 0 Å². The Bertz CT molecular complexity index is 985. The number of hydrogen-bond acceptors (Lipinski definition) is 5. The van der Waals surface area contributed by atoms with Gasteiger partial charge in [-0.15, -0.1) is 15.3 Å². The van der Waals surface area contributed by atoms with Gasteiger partial charge in [-0.25, -0.2) is 0 Å². The Morgan fingerprint density at radius 2 is 1.62 bits per heavy atom. The molecule has 2 aromatic heterocycles. The molecule has 0 radical (unpaired) electrons. The van der Waals surface area contributed by atoms with Crippen LogP contribution in [0.25, 0.3) is 17.0 Å². The van der Waals surface area contributed by atoms with E-state index in [9.17, 15) is 0 Å². The summed E-state index contributed by atoms with van der Waals surface area (Å²) >= 11 is 0. The van der Waals surface area contributed by atoms with E-state index in [1.807, 2.05) is 79.8 Å². The highest BCUT2D eigenvalue weighted by Crippen LogP contribution is 2.19. The van der Waals surface area contributed by atoms with Crippen molar-refractivity contribution in [2.75, 3.05) is 25.1 Å². The van der Waals surface area contributed by atoms with Gasteiger partial charge in [-0.2, -0.15) is 4.52 Å². The van der Waals surface area contributed by atoms with Gasteiger partial charge in [-0.3, -0.25) is 0 Å². The van der Waals surface area contributed by atoms with Crippen molar-refractivity contribution >= 4 is 11.5 Å². The second-order valence-corrected chi connectivity index (χ2v) is 5.93. The van der Waals surface area contributed by atoms with Gasteiger partial charge in [-0.1, -0.05) is 48.5 Å². The largest absolute Gasteiger partial charge is 0.492 e. The highest BCUT2D eigenvalue weighted by atomic mass is 16.5. The average Bonchev–Trinajstić information content (AvgIpc) is 3.12. The zero-order valence-electron chi connectivity index (χ0n) is 14.5. The normalized spacial score (nSPS) is 10.8. The number of aromatic nitrogens is 4. The number of hydrogen-bond donors (Lipinski definition) is 0. The minimum atomic E-state index is 0.577. The lowest BCUT2D eigenvalue weighted by atomic mass is 10.2. The van der Waals surface area contributed by atoms with E-state index in [0.717, 1.165) is 35.1 Å². The third-order valence-electron chi connectivity index (χ3n) is 4.11. The number of rotatable bonds is 6. The number of anilines is 1.